The standard InChI is InChI=1S/C14H24N4O/c1-10-6-11(2)9-18(8-10)5-4-15-14(19)13-7-12(3)16-17-13/h7,10-11H,4-6,8-9H2,1-3H3,(H,15,19)(H,16,17)/t10-,11-/m1/s1. The molecule has 0 spiro atoms. The first-order chi connectivity index (χ1) is 9.04. The molecule has 1 aromatic rings. The highest BCUT2D eigenvalue weighted by Crippen LogP contribution is 2.20. The van der Waals surface area contributed by atoms with Crippen molar-refractivity contribution in [1.29, 1.82) is 0 Å². The van der Waals surface area contributed by atoms with Gasteiger partial charge >= 0.3 is 0 Å². The molecule has 0 unspecified atom stereocenters. The first-order valence-corrected chi connectivity index (χ1v) is 7.07. The maximum Gasteiger partial charge on any atom is 0.271 e. The minimum Gasteiger partial charge on any atom is -0.349 e. The molecule has 2 atom stereocenters. The molecule has 19 heavy (non-hydrogen) atoms. The summed E-state index contributed by atoms with van der Waals surface area (Å²) in [5.74, 6) is 1.42. The fourth-order valence-electron chi connectivity index (χ4n) is 2.93. The number of aryl methyl sites for hydroxylation is 1. The van der Waals surface area contributed by atoms with Gasteiger partial charge in [0.25, 0.3) is 5.91 Å². The number of hydrogen-bond donors (Lipinski definition) is 2. The quantitative estimate of drug-likeness (QED) is 0.864. The van der Waals surface area contributed by atoms with Gasteiger partial charge in [-0.15, -0.1) is 0 Å². The number of carbonyl (C=O) groups is 1. The molecule has 5 heteroatoms. The summed E-state index contributed by atoms with van der Waals surface area (Å²) in [7, 11) is 0. The number of aromatic amines is 1. The molecule has 0 saturated carbocycles. The average molecular weight is 264 g/mol. The van der Waals surface area contributed by atoms with Crippen LogP contribution >= 0.6 is 0 Å². The minimum absolute atomic E-state index is 0.0949. The summed E-state index contributed by atoms with van der Waals surface area (Å²) >= 11 is 0. The zero-order chi connectivity index (χ0) is 13.8. The second-order valence-electron chi connectivity index (χ2n) is 5.90. The summed E-state index contributed by atoms with van der Waals surface area (Å²) in [6.07, 6.45) is 1.31. The van der Waals surface area contributed by atoms with Gasteiger partial charge in [-0.3, -0.25) is 9.89 Å². The molecule has 106 valence electrons. The zero-order valence-electron chi connectivity index (χ0n) is 12.1. The van der Waals surface area contributed by atoms with Crippen LogP contribution in [0.25, 0.3) is 0 Å². The highest BCUT2D eigenvalue weighted by atomic mass is 16.1. The Kier molecular flexibility index (Phi) is 4.58. The number of likely N-dealkylation sites (tertiary alicyclic amines) is 1. The molecule has 1 aliphatic heterocycles. The Labute approximate surface area is 114 Å². The van der Waals surface area contributed by atoms with Gasteiger partial charge in [-0.05, 0) is 31.2 Å². The zero-order valence-corrected chi connectivity index (χ0v) is 12.1. The Morgan fingerprint density at radius 2 is 2.16 bits per heavy atom. The molecule has 1 amide bonds. The third-order valence-corrected chi connectivity index (χ3v) is 3.60. The van der Waals surface area contributed by atoms with Crippen LogP contribution in [0.4, 0.5) is 0 Å². The van der Waals surface area contributed by atoms with Gasteiger partial charge < -0.3 is 10.2 Å². The van der Waals surface area contributed by atoms with Crippen LogP contribution in [0, 0.1) is 18.8 Å². The molecule has 5 nitrogen and oxygen atoms in total. The Hall–Kier alpha value is -1.36. The van der Waals surface area contributed by atoms with Gasteiger partial charge in [0.15, 0.2) is 0 Å². The monoisotopic (exact) mass is 264 g/mol. The first-order valence-electron chi connectivity index (χ1n) is 7.07. The van der Waals surface area contributed by atoms with E-state index < -0.39 is 0 Å². The van der Waals surface area contributed by atoms with Crippen LogP contribution in [0.5, 0.6) is 0 Å². The summed E-state index contributed by atoms with van der Waals surface area (Å²) < 4.78 is 0. The maximum absolute atomic E-state index is 11.8. The van der Waals surface area contributed by atoms with Crippen molar-refractivity contribution >= 4 is 5.91 Å². The van der Waals surface area contributed by atoms with Gasteiger partial charge in [0.1, 0.15) is 5.69 Å². The van der Waals surface area contributed by atoms with Crippen molar-refractivity contribution in [3.8, 4) is 0 Å². The Balaban J connectivity index is 1.73. The number of hydrogen-bond acceptors (Lipinski definition) is 3. The highest BCUT2D eigenvalue weighted by Gasteiger charge is 2.21. The second kappa shape index (κ2) is 6.19. The van der Waals surface area contributed by atoms with Gasteiger partial charge in [0.2, 0.25) is 0 Å². The number of nitrogens with zero attached hydrogens (tertiary/aromatic N) is 2. The molecule has 0 radical (unpaired) electrons. The van der Waals surface area contributed by atoms with E-state index in [2.05, 4.69) is 34.3 Å². The average Bonchev–Trinajstić information content (AvgIpc) is 2.74. The van der Waals surface area contributed by atoms with Crippen LogP contribution in [0.3, 0.4) is 0 Å². The molecular weight excluding hydrogens is 240 g/mol. The van der Waals surface area contributed by atoms with E-state index in [0.29, 0.717) is 12.2 Å². The van der Waals surface area contributed by atoms with Gasteiger partial charge in [-0.2, -0.15) is 5.10 Å². The van der Waals surface area contributed by atoms with E-state index >= 15 is 0 Å². The van der Waals surface area contributed by atoms with Crippen molar-refractivity contribution < 1.29 is 4.79 Å². The summed E-state index contributed by atoms with van der Waals surface area (Å²) in [6.45, 7) is 10.4. The second-order valence-corrected chi connectivity index (χ2v) is 5.90. The SMILES string of the molecule is Cc1cc(C(=O)NCCN2C[C@H](C)C[C@@H](C)C2)n[nH]1. The van der Waals surface area contributed by atoms with E-state index in [1.807, 2.05) is 6.92 Å². The van der Waals surface area contributed by atoms with Crippen LogP contribution in [-0.4, -0.2) is 47.2 Å². The van der Waals surface area contributed by atoms with Crippen molar-refractivity contribution in [3.63, 3.8) is 0 Å². The number of amides is 1. The number of piperidine rings is 1. The lowest BCUT2D eigenvalue weighted by Gasteiger charge is -2.34. The molecule has 2 heterocycles. The molecule has 1 aliphatic rings. The highest BCUT2D eigenvalue weighted by molar-refractivity contribution is 5.92. The topological polar surface area (TPSA) is 61.0 Å². The summed E-state index contributed by atoms with van der Waals surface area (Å²) in [5.41, 5.74) is 1.38. The molecule has 1 fully saturated rings. The first kappa shape index (κ1) is 14.1. The number of H-pyrrole nitrogens is 1. The van der Waals surface area contributed by atoms with E-state index in [1.54, 1.807) is 6.07 Å². The van der Waals surface area contributed by atoms with Gasteiger partial charge in [0, 0.05) is 31.9 Å². The number of aromatic nitrogens is 2. The summed E-state index contributed by atoms with van der Waals surface area (Å²) in [4.78, 5) is 14.3. The van der Waals surface area contributed by atoms with Crippen molar-refractivity contribution in [3.05, 3.63) is 17.5 Å². The van der Waals surface area contributed by atoms with E-state index in [0.717, 1.165) is 37.2 Å². The smallest absolute Gasteiger partial charge is 0.271 e. The maximum atomic E-state index is 11.8. The Morgan fingerprint density at radius 1 is 1.47 bits per heavy atom. The molecule has 1 saturated heterocycles. The molecule has 2 rings (SSSR count). The van der Waals surface area contributed by atoms with Gasteiger partial charge in [-0.1, -0.05) is 13.8 Å². The lowest BCUT2D eigenvalue weighted by Crippen LogP contribution is -2.42. The normalized spacial score (nSPS) is 24.4. The third kappa shape index (κ3) is 4.06. The lowest BCUT2D eigenvalue weighted by atomic mass is 9.92. The molecular formula is C14H24N4O. The van der Waals surface area contributed by atoms with E-state index in [4.69, 9.17) is 0 Å². The number of rotatable bonds is 4. The van der Waals surface area contributed by atoms with Crippen molar-refractivity contribution in [2.75, 3.05) is 26.2 Å². The molecule has 0 bridgehead atoms. The van der Waals surface area contributed by atoms with Gasteiger partial charge in [-0.25, -0.2) is 0 Å². The molecule has 1 aromatic heterocycles. The summed E-state index contributed by atoms with van der Waals surface area (Å²) in [6, 6.07) is 1.76. The summed E-state index contributed by atoms with van der Waals surface area (Å²) in [5, 5.41) is 9.66. The molecule has 2 N–H and O–H groups in total. The molecule has 0 aliphatic carbocycles. The Morgan fingerprint density at radius 3 is 2.74 bits per heavy atom. The van der Waals surface area contributed by atoms with Crippen LogP contribution < -0.4 is 5.32 Å². The van der Waals surface area contributed by atoms with E-state index in [9.17, 15) is 4.79 Å². The van der Waals surface area contributed by atoms with Gasteiger partial charge in [0.05, 0.1) is 0 Å². The number of nitrogens with one attached hydrogen (secondary N) is 2. The predicted octanol–water partition coefficient (Wildman–Crippen LogP) is 1.43. The minimum atomic E-state index is -0.0949. The fourth-order valence-corrected chi connectivity index (χ4v) is 2.93. The predicted molar refractivity (Wildman–Crippen MR) is 75.0 cm³/mol. The van der Waals surface area contributed by atoms with Crippen LogP contribution in [-0.2, 0) is 0 Å². The van der Waals surface area contributed by atoms with Crippen LogP contribution in [0.1, 0.15) is 36.5 Å². The molecule has 0 aromatic carbocycles. The van der Waals surface area contributed by atoms with Crippen molar-refractivity contribution in [1.82, 2.24) is 20.4 Å². The van der Waals surface area contributed by atoms with E-state index in [-0.39, 0.29) is 5.91 Å². The fraction of sp³-hybridized carbons (Fsp3) is 0.714. The largest absolute Gasteiger partial charge is 0.349 e. The van der Waals surface area contributed by atoms with Crippen molar-refractivity contribution in [2.45, 2.75) is 27.2 Å². The van der Waals surface area contributed by atoms with Crippen molar-refractivity contribution in [2.24, 2.45) is 11.8 Å². The number of carbonyl (C=O) groups excluding carboxylic acids is 1. The van der Waals surface area contributed by atoms with Crippen LogP contribution in [0.15, 0.2) is 6.07 Å². The van der Waals surface area contributed by atoms with Crippen LogP contribution in [0.2, 0.25) is 0 Å². The Bertz CT molecular complexity index is 419. The lowest BCUT2D eigenvalue weighted by molar-refractivity contribution is 0.0931. The van der Waals surface area contributed by atoms with E-state index in [1.165, 1.54) is 6.42 Å². The third-order valence-electron chi connectivity index (χ3n) is 3.60.